The summed E-state index contributed by atoms with van der Waals surface area (Å²) in [7, 11) is 0. The zero-order valence-electron chi connectivity index (χ0n) is 12.3. The van der Waals surface area contributed by atoms with Crippen molar-refractivity contribution in [3.05, 3.63) is 26.6 Å². The Morgan fingerprint density at radius 2 is 1.81 bits per heavy atom. The molecule has 1 rings (SSSR count). The minimum Gasteiger partial charge on any atom is -0.478 e. The number of carboxylic acid groups (broad SMARTS) is 1. The molecule has 2 amide bonds. The fourth-order valence-electron chi connectivity index (χ4n) is 1.43. The summed E-state index contributed by atoms with van der Waals surface area (Å²) in [5, 5.41) is 14.6. The average Bonchev–Trinajstić information content (AvgIpc) is 2.30. The number of anilines is 1. The van der Waals surface area contributed by atoms with Crippen LogP contribution < -0.4 is 10.6 Å². The first-order valence-electron chi connectivity index (χ1n) is 6.32. The lowest BCUT2D eigenvalue weighted by Gasteiger charge is -2.28. The number of carboxylic acids is 1. The van der Waals surface area contributed by atoms with Gasteiger partial charge in [-0.15, -0.1) is 0 Å². The molecule has 116 valence electrons. The molecular weight excluding hydrogens is 404 g/mol. The maximum atomic E-state index is 12.0. The zero-order chi connectivity index (χ0) is 16.4. The molecule has 0 spiro atoms. The molecule has 1 unspecified atom stereocenters. The summed E-state index contributed by atoms with van der Waals surface area (Å²) in [6.45, 7) is 7.93. The van der Waals surface area contributed by atoms with Gasteiger partial charge in [-0.3, -0.25) is 0 Å². The third-order valence-electron chi connectivity index (χ3n) is 3.17. The van der Waals surface area contributed by atoms with Gasteiger partial charge in [0.05, 0.1) is 11.3 Å². The van der Waals surface area contributed by atoms with Crippen LogP contribution in [0.3, 0.4) is 0 Å². The minimum absolute atomic E-state index is 0.00908. The van der Waals surface area contributed by atoms with Crippen molar-refractivity contribution in [3.8, 4) is 0 Å². The highest BCUT2D eigenvalue weighted by Crippen LogP contribution is 2.31. The van der Waals surface area contributed by atoms with Crippen molar-refractivity contribution in [1.29, 1.82) is 0 Å². The summed E-state index contributed by atoms with van der Waals surface area (Å²) >= 11 is 6.49. The van der Waals surface area contributed by atoms with E-state index in [4.69, 9.17) is 0 Å². The Balaban J connectivity index is 2.98. The number of hydrogen-bond acceptors (Lipinski definition) is 2. The highest BCUT2D eigenvalue weighted by Gasteiger charge is 2.23. The van der Waals surface area contributed by atoms with Crippen LogP contribution in [0.15, 0.2) is 21.1 Å². The summed E-state index contributed by atoms with van der Waals surface area (Å²) < 4.78 is 1.11. The minimum atomic E-state index is -1.11. The van der Waals surface area contributed by atoms with Crippen LogP contribution in [-0.4, -0.2) is 23.1 Å². The number of amides is 2. The fraction of sp³-hybridized carbons (Fsp3) is 0.429. The van der Waals surface area contributed by atoms with Gasteiger partial charge in [-0.25, -0.2) is 9.59 Å². The number of urea groups is 1. The van der Waals surface area contributed by atoms with Crippen LogP contribution in [0.4, 0.5) is 10.5 Å². The number of carbonyl (C=O) groups excluding carboxylic acids is 1. The van der Waals surface area contributed by atoms with Gasteiger partial charge in [-0.1, -0.05) is 36.7 Å². The standard InChI is InChI=1S/C14H18Br2N2O3/c1-7(14(2,3)4)17-13(21)18-11-9(12(19)20)5-8(15)6-10(11)16/h5-7H,1-4H3,(H,19,20)(H2,17,18,21). The van der Waals surface area contributed by atoms with Crippen LogP contribution in [0.25, 0.3) is 0 Å². The van der Waals surface area contributed by atoms with E-state index >= 15 is 0 Å². The Bertz CT molecular complexity index is 568. The third kappa shape index (κ3) is 5.00. The molecule has 0 saturated heterocycles. The molecule has 21 heavy (non-hydrogen) atoms. The molecule has 0 aliphatic carbocycles. The van der Waals surface area contributed by atoms with Gasteiger partial charge in [-0.05, 0) is 40.4 Å². The summed E-state index contributed by atoms with van der Waals surface area (Å²) in [6, 6.07) is 2.61. The van der Waals surface area contributed by atoms with Crippen molar-refractivity contribution in [2.75, 3.05) is 5.32 Å². The average molecular weight is 422 g/mol. The van der Waals surface area contributed by atoms with E-state index in [9.17, 15) is 14.7 Å². The van der Waals surface area contributed by atoms with Crippen molar-refractivity contribution in [2.45, 2.75) is 33.7 Å². The molecule has 0 aliphatic heterocycles. The first-order valence-corrected chi connectivity index (χ1v) is 7.91. The fourth-order valence-corrected chi connectivity index (χ4v) is 2.76. The number of halogens is 2. The normalized spacial score (nSPS) is 12.7. The number of carbonyl (C=O) groups is 2. The number of aromatic carboxylic acids is 1. The molecule has 1 aromatic carbocycles. The Hall–Kier alpha value is -1.08. The van der Waals surface area contributed by atoms with E-state index in [2.05, 4.69) is 42.5 Å². The monoisotopic (exact) mass is 420 g/mol. The lowest BCUT2D eigenvalue weighted by atomic mass is 9.88. The Morgan fingerprint density at radius 3 is 2.29 bits per heavy atom. The van der Waals surface area contributed by atoms with Crippen LogP contribution in [0.1, 0.15) is 38.1 Å². The van der Waals surface area contributed by atoms with Gasteiger partial charge >= 0.3 is 12.0 Å². The maximum Gasteiger partial charge on any atom is 0.337 e. The summed E-state index contributed by atoms with van der Waals surface area (Å²) in [5.41, 5.74) is 0.142. The molecule has 0 aliphatic rings. The smallest absolute Gasteiger partial charge is 0.337 e. The Kier molecular flexibility index (Phi) is 5.81. The van der Waals surface area contributed by atoms with E-state index in [0.29, 0.717) is 8.95 Å². The van der Waals surface area contributed by atoms with E-state index in [-0.39, 0.29) is 22.7 Å². The lowest BCUT2D eigenvalue weighted by molar-refractivity contribution is 0.0698. The summed E-state index contributed by atoms with van der Waals surface area (Å²) in [4.78, 5) is 23.3. The van der Waals surface area contributed by atoms with E-state index in [0.717, 1.165) is 0 Å². The zero-order valence-corrected chi connectivity index (χ0v) is 15.4. The van der Waals surface area contributed by atoms with Gasteiger partial charge in [0, 0.05) is 15.0 Å². The topological polar surface area (TPSA) is 78.4 Å². The third-order valence-corrected chi connectivity index (χ3v) is 4.25. The molecule has 0 bridgehead atoms. The Labute approximate surface area is 140 Å². The second kappa shape index (κ2) is 6.79. The molecule has 1 atom stereocenters. The van der Waals surface area contributed by atoms with E-state index in [1.165, 1.54) is 6.07 Å². The van der Waals surface area contributed by atoms with Crippen LogP contribution >= 0.6 is 31.9 Å². The predicted molar refractivity (Wildman–Crippen MR) is 89.9 cm³/mol. The van der Waals surface area contributed by atoms with Crippen LogP contribution in [0.2, 0.25) is 0 Å². The van der Waals surface area contributed by atoms with E-state index < -0.39 is 12.0 Å². The molecule has 0 heterocycles. The first-order chi connectivity index (χ1) is 9.52. The second-order valence-corrected chi connectivity index (χ2v) is 7.57. The summed E-state index contributed by atoms with van der Waals surface area (Å²) in [5.74, 6) is -1.11. The van der Waals surface area contributed by atoms with Gasteiger partial charge in [-0.2, -0.15) is 0 Å². The highest BCUT2D eigenvalue weighted by molar-refractivity contribution is 9.11. The van der Waals surface area contributed by atoms with Gasteiger partial charge in [0.15, 0.2) is 0 Å². The number of benzene rings is 1. The van der Waals surface area contributed by atoms with E-state index in [1.54, 1.807) is 6.07 Å². The molecule has 1 aromatic rings. The van der Waals surface area contributed by atoms with Crippen molar-refractivity contribution >= 4 is 49.5 Å². The largest absolute Gasteiger partial charge is 0.478 e. The van der Waals surface area contributed by atoms with Crippen molar-refractivity contribution < 1.29 is 14.7 Å². The molecule has 3 N–H and O–H groups in total. The predicted octanol–water partition coefficient (Wildman–Crippen LogP) is 4.47. The van der Waals surface area contributed by atoms with Crippen molar-refractivity contribution in [2.24, 2.45) is 5.41 Å². The molecule has 0 saturated carbocycles. The van der Waals surface area contributed by atoms with Gasteiger partial charge in [0.25, 0.3) is 0 Å². The molecule has 0 fully saturated rings. The molecule has 0 aromatic heterocycles. The SMILES string of the molecule is CC(NC(=O)Nc1c(Br)cc(Br)cc1C(=O)O)C(C)(C)C. The molecular formula is C14H18Br2N2O3. The van der Waals surface area contributed by atoms with Gasteiger partial charge < -0.3 is 15.7 Å². The van der Waals surface area contributed by atoms with Gasteiger partial charge in [0.1, 0.15) is 0 Å². The summed E-state index contributed by atoms with van der Waals surface area (Å²) in [6.07, 6.45) is 0. The molecule has 7 heteroatoms. The molecule has 5 nitrogen and oxygen atoms in total. The second-order valence-electron chi connectivity index (χ2n) is 5.80. The van der Waals surface area contributed by atoms with Crippen molar-refractivity contribution in [1.82, 2.24) is 5.32 Å². The number of rotatable bonds is 3. The van der Waals surface area contributed by atoms with Crippen LogP contribution in [0.5, 0.6) is 0 Å². The van der Waals surface area contributed by atoms with Crippen LogP contribution in [0, 0.1) is 5.41 Å². The Morgan fingerprint density at radius 1 is 1.24 bits per heavy atom. The molecule has 0 radical (unpaired) electrons. The van der Waals surface area contributed by atoms with E-state index in [1.807, 2.05) is 27.7 Å². The lowest BCUT2D eigenvalue weighted by Crippen LogP contribution is -2.43. The number of hydrogen-bond donors (Lipinski definition) is 3. The first kappa shape index (κ1) is 18.0. The van der Waals surface area contributed by atoms with Crippen molar-refractivity contribution in [3.63, 3.8) is 0 Å². The highest BCUT2D eigenvalue weighted by atomic mass is 79.9. The van der Waals surface area contributed by atoms with Crippen LogP contribution in [-0.2, 0) is 0 Å². The quantitative estimate of drug-likeness (QED) is 0.673. The maximum absolute atomic E-state index is 12.0. The van der Waals surface area contributed by atoms with Gasteiger partial charge in [0.2, 0.25) is 0 Å². The number of nitrogens with one attached hydrogen (secondary N) is 2.